The number of carboxylic acids is 1. The molecule has 0 aromatic carbocycles. The van der Waals surface area contributed by atoms with Crippen LogP contribution in [0.15, 0.2) is 0 Å². The third-order valence-corrected chi connectivity index (χ3v) is 7.33. The van der Waals surface area contributed by atoms with E-state index in [1.54, 1.807) is 0 Å². The maximum absolute atomic E-state index is 11.4. The van der Waals surface area contributed by atoms with Gasteiger partial charge in [0.15, 0.2) is 25.0 Å². The lowest BCUT2D eigenvalue weighted by molar-refractivity contribution is -0.376. The number of aliphatic hydroxyl groups is 8. The van der Waals surface area contributed by atoms with Crippen molar-refractivity contribution in [3.63, 3.8) is 0 Å². The molecular weight excluding hydrogens is 648 g/mol. The smallest absolute Gasteiger partial charge is 0.397 e. The normalized spacial score (nSPS) is 44.7. The van der Waals surface area contributed by atoms with Crippen LogP contribution in [0.1, 0.15) is 0 Å². The van der Waals surface area contributed by atoms with Gasteiger partial charge in [-0.05, 0) is 0 Å². The summed E-state index contributed by atoms with van der Waals surface area (Å²) in [5.74, 6) is -1.82. The van der Waals surface area contributed by atoms with Crippen LogP contribution in [0.3, 0.4) is 0 Å². The summed E-state index contributed by atoms with van der Waals surface area (Å²) in [5.41, 5.74) is 0. The molecule has 11 N–H and O–H groups in total. The average molecular weight is 679 g/mol. The number of carboxylic acid groups (broad SMARTS) is 1. The van der Waals surface area contributed by atoms with Crippen LogP contribution in [0.5, 0.6) is 0 Å². The highest BCUT2D eigenvalue weighted by atomic mass is 32.3. The summed E-state index contributed by atoms with van der Waals surface area (Å²) in [6, 6.07) is 0. The van der Waals surface area contributed by atoms with Gasteiger partial charge in [0.2, 0.25) is 0 Å². The van der Waals surface area contributed by atoms with Crippen molar-refractivity contribution in [2.24, 2.45) is 0 Å². The van der Waals surface area contributed by atoms with Gasteiger partial charge in [-0.2, -0.15) is 16.8 Å². The molecule has 252 valence electrons. The molecular formula is C18H30O23S2. The third kappa shape index (κ3) is 8.91. The number of ether oxygens (including phenoxy) is 5. The topological polar surface area (TPSA) is 372 Å². The van der Waals surface area contributed by atoms with Crippen molar-refractivity contribution in [3.8, 4) is 0 Å². The molecule has 3 aliphatic heterocycles. The van der Waals surface area contributed by atoms with Crippen molar-refractivity contribution in [2.45, 2.75) is 92.1 Å². The van der Waals surface area contributed by atoms with Crippen LogP contribution in [-0.4, -0.2) is 183 Å². The van der Waals surface area contributed by atoms with Crippen molar-refractivity contribution in [3.05, 3.63) is 0 Å². The maximum Gasteiger partial charge on any atom is 0.397 e. The van der Waals surface area contributed by atoms with E-state index in [4.69, 9.17) is 32.8 Å². The molecule has 25 heteroatoms. The van der Waals surface area contributed by atoms with E-state index in [-0.39, 0.29) is 0 Å². The van der Waals surface area contributed by atoms with E-state index in [1.165, 1.54) is 0 Å². The van der Waals surface area contributed by atoms with Crippen molar-refractivity contribution in [1.82, 2.24) is 0 Å². The third-order valence-electron chi connectivity index (χ3n) is 6.46. The second kappa shape index (κ2) is 14.0. The van der Waals surface area contributed by atoms with Gasteiger partial charge >= 0.3 is 26.8 Å². The minimum Gasteiger partial charge on any atom is -0.479 e. The van der Waals surface area contributed by atoms with Gasteiger partial charge in [0.1, 0.15) is 67.1 Å². The van der Waals surface area contributed by atoms with Gasteiger partial charge in [0.05, 0.1) is 13.2 Å². The molecule has 0 spiro atoms. The van der Waals surface area contributed by atoms with Crippen LogP contribution in [0, 0.1) is 0 Å². The number of hydrogen-bond donors (Lipinski definition) is 11. The van der Waals surface area contributed by atoms with Gasteiger partial charge in [0.25, 0.3) is 0 Å². The van der Waals surface area contributed by atoms with E-state index < -0.39 is 132 Å². The second-order valence-electron chi connectivity index (χ2n) is 9.43. The Balaban J connectivity index is 1.87. The molecule has 3 fully saturated rings. The maximum atomic E-state index is 11.4. The van der Waals surface area contributed by atoms with E-state index >= 15 is 0 Å². The molecule has 3 rings (SSSR count). The van der Waals surface area contributed by atoms with E-state index in [9.17, 15) is 67.6 Å². The first-order valence-corrected chi connectivity index (χ1v) is 14.6. The molecule has 23 nitrogen and oxygen atoms in total. The second-order valence-corrected chi connectivity index (χ2v) is 11.6. The van der Waals surface area contributed by atoms with Crippen LogP contribution in [0.2, 0.25) is 0 Å². The SMILES string of the molecule is O=C(O)[C@H]1O[C@@H](O[C@H]2[C@@H](O)[C@@H](COS(=O)(=O)O)O[C@@H](O[C@@H]3[C@@H](O)[C@H](O)O[C@H](COS(=O)(=O)O)[C@@H]3O)[C@@H]2O)[C@H](O)[C@@H](O)[C@@H]1O. The fourth-order valence-electron chi connectivity index (χ4n) is 4.31. The first-order valence-electron chi connectivity index (χ1n) is 11.9. The zero-order valence-electron chi connectivity index (χ0n) is 21.2. The Labute approximate surface area is 241 Å². The lowest BCUT2D eigenvalue weighted by atomic mass is 9.96. The quantitative estimate of drug-likeness (QED) is 0.0903. The predicted octanol–water partition coefficient (Wildman–Crippen LogP) is -7.83. The number of aliphatic carboxylic acids is 1. The van der Waals surface area contributed by atoms with Gasteiger partial charge in [-0.15, -0.1) is 0 Å². The van der Waals surface area contributed by atoms with Crippen LogP contribution in [0.25, 0.3) is 0 Å². The molecule has 0 unspecified atom stereocenters. The highest BCUT2D eigenvalue weighted by Gasteiger charge is 2.54. The van der Waals surface area contributed by atoms with E-state index in [0.717, 1.165) is 0 Å². The summed E-state index contributed by atoms with van der Waals surface area (Å²) in [6.07, 6.45) is -32.2. The van der Waals surface area contributed by atoms with Crippen LogP contribution < -0.4 is 0 Å². The first kappa shape index (κ1) is 36.2. The Morgan fingerprint density at radius 1 is 0.581 bits per heavy atom. The molecule has 0 saturated carbocycles. The minimum atomic E-state index is -5.18. The molecule has 0 aromatic rings. The lowest BCUT2D eigenvalue weighted by Crippen LogP contribution is -2.67. The minimum absolute atomic E-state index is 1.14. The molecule has 0 amide bonds. The summed E-state index contributed by atoms with van der Waals surface area (Å²) >= 11 is 0. The fourth-order valence-corrected chi connectivity index (χ4v) is 4.92. The fraction of sp³-hybridized carbons (Fsp3) is 0.944. The Kier molecular flexibility index (Phi) is 11.8. The molecule has 3 saturated heterocycles. The van der Waals surface area contributed by atoms with Crippen LogP contribution in [0.4, 0.5) is 0 Å². The first-order chi connectivity index (χ1) is 19.7. The van der Waals surface area contributed by atoms with E-state index in [0.29, 0.717) is 0 Å². The van der Waals surface area contributed by atoms with Crippen molar-refractivity contribution < 1.29 is 109 Å². The summed E-state index contributed by atoms with van der Waals surface area (Å²) in [5, 5.41) is 91.8. The summed E-state index contributed by atoms with van der Waals surface area (Å²) in [4.78, 5) is 11.4. The number of aliphatic hydroxyl groups excluding tert-OH is 8. The molecule has 43 heavy (non-hydrogen) atoms. The van der Waals surface area contributed by atoms with Gasteiger partial charge in [-0.25, -0.2) is 13.2 Å². The van der Waals surface area contributed by atoms with Crippen molar-refractivity contribution >= 4 is 26.8 Å². The molecule has 3 aliphatic rings. The summed E-state index contributed by atoms with van der Waals surface area (Å²) in [6.45, 7) is -2.37. The molecule has 3 heterocycles. The van der Waals surface area contributed by atoms with Crippen LogP contribution in [-0.2, 0) is 57.6 Å². The zero-order chi connectivity index (χ0) is 32.6. The van der Waals surface area contributed by atoms with E-state index in [1.807, 2.05) is 0 Å². The Morgan fingerprint density at radius 2 is 1.02 bits per heavy atom. The van der Waals surface area contributed by atoms with Gasteiger partial charge in [-0.3, -0.25) is 9.11 Å². The molecule has 0 radical (unpaired) electrons. The zero-order valence-corrected chi connectivity index (χ0v) is 22.8. The highest BCUT2D eigenvalue weighted by Crippen LogP contribution is 2.32. The Bertz CT molecular complexity index is 1160. The summed E-state index contributed by atoms with van der Waals surface area (Å²) < 4.78 is 95.4. The molecule has 15 atom stereocenters. The highest BCUT2D eigenvalue weighted by molar-refractivity contribution is 7.81. The molecule has 0 bridgehead atoms. The van der Waals surface area contributed by atoms with Crippen molar-refractivity contribution in [2.75, 3.05) is 13.2 Å². The number of hydrogen-bond acceptors (Lipinski definition) is 20. The number of carbonyl (C=O) groups is 1. The van der Waals surface area contributed by atoms with Gasteiger partial charge in [0, 0.05) is 0 Å². The largest absolute Gasteiger partial charge is 0.479 e. The van der Waals surface area contributed by atoms with Gasteiger partial charge in [-0.1, -0.05) is 0 Å². The Morgan fingerprint density at radius 3 is 1.49 bits per heavy atom. The predicted molar refractivity (Wildman–Crippen MR) is 123 cm³/mol. The lowest BCUT2D eigenvalue weighted by Gasteiger charge is -2.47. The molecule has 0 aromatic heterocycles. The molecule has 0 aliphatic carbocycles. The standard InChI is InChI=1S/C18H30O23S2/c19-5-3(1-35-42(29,30)31)37-16(28)10(24)12(5)39-18-11(25)13(6(20)4(38-18)2-36-43(32,33)34)40-17-9(23)7(21)8(22)14(41-17)15(26)27/h3-14,16-25,28H,1-2H2,(H,26,27)(H,29,30,31)(H,32,33,34)/t3-,4-,5+,6+,7+,8+,9-,10-,11-,12+,13+,14+,16-,17-,18+/m1/s1. The van der Waals surface area contributed by atoms with Gasteiger partial charge < -0.3 is 69.6 Å². The van der Waals surface area contributed by atoms with E-state index in [2.05, 4.69) is 8.37 Å². The van der Waals surface area contributed by atoms with Crippen LogP contribution >= 0.6 is 0 Å². The Hall–Kier alpha value is -1.31. The van der Waals surface area contributed by atoms with Crippen molar-refractivity contribution in [1.29, 1.82) is 0 Å². The summed E-state index contributed by atoms with van der Waals surface area (Å²) in [7, 11) is -10.3. The average Bonchev–Trinajstić information content (AvgIpc) is 2.89. The number of rotatable bonds is 11. The monoisotopic (exact) mass is 678 g/mol.